The molecule has 26 heavy (non-hydrogen) atoms. The predicted molar refractivity (Wildman–Crippen MR) is 110 cm³/mol. The zero-order chi connectivity index (χ0) is 17.5. The first-order valence-electron chi connectivity index (χ1n) is 8.56. The van der Waals surface area contributed by atoms with Gasteiger partial charge in [-0.2, -0.15) is 0 Å². The zero-order valence-electron chi connectivity index (χ0n) is 13.9. The van der Waals surface area contributed by atoms with Crippen LogP contribution in [0, 0.1) is 0 Å². The first kappa shape index (κ1) is 15.2. The second-order valence-corrected chi connectivity index (χ2v) is 6.78. The Bertz CT molecular complexity index is 1240. The van der Waals surface area contributed by atoms with Crippen molar-refractivity contribution in [2.45, 2.75) is 0 Å². The van der Waals surface area contributed by atoms with Gasteiger partial charge in [-0.3, -0.25) is 0 Å². The van der Waals surface area contributed by atoms with Gasteiger partial charge >= 0.3 is 0 Å². The summed E-state index contributed by atoms with van der Waals surface area (Å²) in [5, 5.41) is 3.02. The number of benzene rings is 4. The molecule has 0 aliphatic heterocycles. The minimum atomic E-state index is 0.755. The van der Waals surface area contributed by atoms with Crippen molar-refractivity contribution < 1.29 is 4.42 Å². The maximum absolute atomic E-state index is 6.59. The molecule has 0 aliphatic rings. The second kappa shape index (κ2) is 6.05. The Morgan fingerprint density at radius 1 is 0.538 bits per heavy atom. The van der Waals surface area contributed by atoms with Crippen molar-refractivity contribution in [3.63, 3.8) is 0 Å². The van der Waals surface area contributed by atoms with Gasteiger partial charge in [0, 0.05) is 21.4 Å². The van der Waals surface area contributed by atoms with Crippen LogP contribution in [0.5, 0.6) is 0 Å². The number of fused-ring (bicyclic) bond motifs is 3. The molecule has 0 amide bonds. The Morgan fingerprint density at radius 3 is 2.08 bits per heavy atom. The number of halogens is 1. The molecule has 0 N–H and O–H groups in total. The van der Waals surface area contributed by atoms with Crippen molar-refractivity contribution in [3.8, 4) is 22.3 Å². The summed E-state index contributed by atoms with van der Waals surface area (Å²) in [5.41, 5.74) is 6.22. The largest absolute Gasteiger partial charge is 0.456 e. The van der Waals surface area contributed by atoms with Gasteiger partial charge in [-0.05, 0) is 41.0 Å². The lowest BCUT2D eigenvalue weighted by Gasteiger charge is -2.08. The minimum absolute atomic E-state index is 0.755. The fraction of sp³-hybridized carbons (Fsp3) is 0. The van der Waals surface area contributed by atoms with Crippen LogP contribution in [-0.2, 0) is 0 Å². The molecule has 0 fully saturated rings. The number of hydrogen-bond acceptors (Lipinski definition) is 1. The van der Waals surface area contributed by atoms with E-state index in [9.17, 15) is 0 Å². The van der Waals surface area contributed by atoms with Gasteiger partial charge in [0.05, 0.1) is 0 Å². The molecule has 0 saturated carbocycles. The van der Waals surface area contributed by atoms with Gasteiger partial charge < -0.3 is 4.42 Å². The van der Waals surface area contributed by atoms with Crippen LogP contribution in [0.25, 0.3) is 44.2 Å². The summed E-state index contributed by atoms with van der Waals surface area (Å²) in [6.45, 7) is 0. The second-order valence-electron chi connectivity index (χ2n) is 6.37. The van der Waals surface area contributed by atoms with Crippen LogP contribution in [0.4, 0.5) is 0 Å². The maximum atomic E-state index is 6.59. The molecule has 0 unspecified atom stereocenters. The van der Waals surface area contributed by atoms with Gasteiger partial charge in [-0.15, -0.1) is 0 Å². The maximum Gasteiger partial charge on any atom is 0.135 e. The van der Waals surface area contributed by atoms with Crippen LogP contribution in [0.15, 0.2) is 95.4 Å². The highest BCUT2D eigenvalue weighted by Gasteiger charge is 2.10. The molecule has 5 rings (SSSR count). The number of furan rings is 1. The highest BCUT2D eigenvalue weighted by atomic mass is 35.5. The summed E-state index contributed by atoms with van der Waals surface area (Å²) >= 11 is 6.59. The van der Waals surface area contributed by atoms with Gasteiger partial charge in [-0.25, -0.2) is 0 Å². The van der Waals surface area contributed by atoms with E-state index in [1.807, 2.05) is 48.5 Å². The highest BCUT2D eigenvalue weighted by Crippen LogP contribution is 2.35. The van der Waals surface area contributed by atoms with E-state index < -0.39 is 0 Å². The third-order valence-corrected chi connectivity index (χ3v) is 5.08. The van der Waals surface area contributed by atoms with E-state index in [1.165, 1.54) is 0 Å². The average molecular weight is 355 g/mol. The first-order chi connectivity index (χ1) is 12.8. The van der Waals surface area contributed by atoms with Crippen LogP contribution in [0.1, 0.15) is 0 Å². The molecule has 0 spiro atoms. The van der Waals surface area contributed by atoms with Crippen molar-refractivity contribution in [3.05, 3.63) is 96.0 Å². The van der Waals surface area contributed by atoms with Gasteiger partial charge in [0.25, 0.3) is 0 Å². The third kappa shape index (κ3) is 2.49. The molecule has 0 atom stereocenters. The molecule has 0 saturated heterocycles. The molecule has 5 aromatic rings. The molecule has 4 aromatic carbocycles. The average Bonchev–Trinajstić information content (AvgIpc) is 3.06. The normalized spacial score (nSPS) is 11.3. The van der Waals surface area contributed by atoms with E-state index in [-0.39, 0.29) is 0 Å². The monoisotopic (exact) mass is 354 g/mol. The van der Waals surface area contributed by atoms with Crippen molar-refractivity contribution in [1.82, 2.24) is 0 Å². The van der Waals surface area contributed by atoms with E-state index in [1.54, 1.807) is 0 Å². The summed E-state index contributed by atoms with van der Waals surface area (Å²) < 4.78 is 5.92. The molecule has 1 nitrogen and oxygen atoms in total. The predicted octanol–water partition coefficient (Wildman–Crippen LogP) is 7.57. The van der Waals surface area contributed by atoms with Crippen molar-refractivity contribution in [1.29, 1.82) is 0 Å². The van der Waals surface area contributed by atoms with E-state index in [0.717, 1.165) is 49.2 Å². The summed E-state index contributed by atoms with van der Waals surface area (Å²) in [5.74, 6) is 0. The molecular formula is C24H15ClO. The van der Waals surface area contributed by atoms with Gasteiger partial charge in [0.2, 0.25) is 0 Å². The Hall–Kier alpha value is -3.03. The van der Waals surface area contributed by atoms with Crippen LogP contribution >= 0.6 is 11.6 Å². The van der Waals surface area contributed by atoms with Gasteiger partial charge in [0.15, 0.2) is 0 Å². The van der Waals surface area contributed by atoms with Gasteiger partial charge in [0.1, 0.15) is 11.2 Å². The summed E-state index contributed by atoms with van der Waals surface area (Å²) in [6.07, 6.45) is 0. The molecule has 1 aromatic heterocycles. The molecule has 0 aliphatic carbocycles. The van der Waals surface area contributed by atoms with E-state index in [0.29, 0.717) is 0 Å². The third-order valence-electron chi connectivity index (χ3n) is 4.76. The number of para-hydroxylation sites is 1. The van der Waals surface area contributed by atoms with Crippen molar-refractivity contribution in [2.75, 3.05) is 0 Å². The molecule has 1 heterocycles. The lowest BCUT2D eigenvalue weighted by atomic mass is 9.99. The lowest BCUT2D eigenvalue weighted by molar-refractivity contribution is 0.669. The van der Waals surface area contributed by atoms with Crippen LogP contribution in [-0.4, -0.2) is 0 Å². The summed E-state index contributed by atoms with van der Waals surface area (Å²) in [7, 11) is 0. The van der Waals surface area contributed by atoms with Crippen LogP contribution < -0.4 is 0 Å². The van der Waals surface area contributed by atoms with Crippen molar-refractivity contribution in [2.24, 2.45) is 0 Å². The smallest absolute Gasteiger partial charge is 0.135 e. The summed E-state index contributed by atoms with van der Waals surface area (Å²) in [6, 6.07) is 30.9. The lowest BCUT2D eigenvalue weighted by Crippen LogP contribution is -1.83. The first-order valence-corrected chi connectivity index (χ1v) is 8.94. The zero-order valence-corrected chi connectivity index (χ0v) is 14.7. The Balaban J connectivity index is 1.63. The topological polar surface area (TPSA) is 13.1 Å². The molecule has 2 heteroatoms. The van der Waals surface area contributed by atoms with Gasteiger partial charge in [-0.1, -0.05) is 78.3 Å². The molecule has 0 bridgehead atoms. The van der Waals surface area contributed by atoms with E-state index in [4.69, 9.17) is 16.0 Å². The number of hydrogen-bond donors (Lipinski definition) is 0. The fourth-order valence-electron chi connectivity index (χ4n) is 3.45. The van der Waals surface area contributed by atoms with Crippen molar-refractivity contribution >= 4 is 33.5 Å². The minimum Gasteiger partial charge on any atom is -0.456 e. The fourth-order valence-corrected chi connectivity index (χ4v) is 3.74. The Labute approximate surface area is 156 Å². The quantitative estimate of drug-likeness (QED) is 0.318. The Morgan fingerprint density at radius 2 is 1.23 bits per heavy atom. The molecular weight excluding hydrogens is 340 g/mol. The van der Waals surface area contributed by atoms with E-state index >= 15 is 0 Å². The molecule has 124 valence electrons. The van der Waals surface area contributed by atoms with Crippen LogP contribution in [0.3, 0.4) is 0 Å². The SMILES string of the molecule is Clc1cc(-c2ccc3oc4ccccc4c3c2)ccc1-c1ccccc1. The number of rotatable bonds is 2. The Kier molecular flexibility index (Phi) is 3.55. The highest BCUT2D eigenvalue weighted by molar-refractivity contribution is 6.33. The summed E-state index contributed by atoms with van der Waals surface area (Å²) in [4.78, 5) is 0. The molecule has 0 radical (unpaired) electrons. The van der Waals surface area contributed by atoms with Crippen LogP contribution in [0.2, 0.25) is 5.02 Å². The standard InChI is InChI=1S/C24H15ClO/c25-22-15-18(10-12-19(22)16-6-2-1-3-7-16)17-11-13-24-21(14-17)20-8-4-5-9-23(20)26-24/h1-15H. The van der Waals surface area contributed by atoms with E-state index in [2.05, 4.69) is 42.5 Å².